The summed E-state index contributed by atoms with van der Waals surface area (Å²) in [7, 11) is -3.80. The van der Waals surface area contributed by atoms with Crippen LogP contribution in [0.25, 0.3) is 0 Å². The average Bonchev–Trinajstić information content (AvgIpc) is 3.13. The summed E-state index contributed by atoms with van der Waals surface area (Å²) in [4.78, 5) is 38.7. The smallest absolute Gasteiger partial charge is 0.255 e. The maximum Gasteiger partial charge on any atom is 0.255 e. The van der Waals surface area contributed by atoms with E-state index in [0.29, 0.717) is 30.0 Å². The molecule has 9 nitrogen and oxygen atoms in total. The molecule has 0 bridgehead atoms. The first kappa shape index (κ1) is 23.4. The molecule has 0 spiro atoms. The SMILES string of the molecule is CCCCN1CC(C(=O)Nc2ccc(C(=O)Nc3ccc(S(N)(=O)=O)cc3)cc2)CC1=O. The van der Waals surface area contributed by atoms with E-state index < -0.39 is 10.0 Å². The fourth-order valence-electron chi connectivity index (χ4n) is 3.39. The molecule has 2 aromatic rings. The Morgan fingerprint density at radius 1 is 1.03 bits per heavy atom. The first-order valence-electron chi connectivity index (χ1n) is 10.3. The lowest BCUT2D eigenvalue weighted by Gasteiger charge is -2.16. The molecule has 32 heavy (non-hydrogen) atoms. The number of amides is 3. The van der Waals surface area contributed by atoms with Gasteiger partial charge in [-0.25, -0.2) is 13.6 Å². The number of carbonyl (C=O) groups is 3. The number of carbonyl (C=O) groups excluding carboxylic acids is 3. The number of likely N-dealkylation sites (tertiary alicyclic amines) is 1. The summed E-state index contributed by atoms with van der Waals surface area (Å²) in [6.07, 6.45) is 2.11. The van der Waals surface area contributed by atoms with Crippen LogP contribution >= 0.6 is 0 Å². The molecule has 3 amide bonds. The lowest BCUT2D eigenvalue weighted by atomic mass is 10.1. The number of hydrogen-bond donors (Lipinski definition) is 3. The zero-order valence-electron chi connectivity index (χ0n) is 17.7. The van der Waals surface area contributed by atoms with Crippen LogP contribution in [0.3, 0.4) is 0 Å². The number of benzene rings is 2. The van der Waals surface area contributed by atoms with Gasteiger partial charge in [-0.05, 0) is 55.0 Å². The molecule has 3 rings (SSSR count). The van der Waals surface area contributed by atoms with Crippen molar-refractivity contribution >= 4 is 39.1 Å². The van der Waals surface area contributed by atoms with Crippen LogP contribution in [0, 0.1) is 5.92 Å². The molecular weight excluding hydrogens is 432 g/mol. The molecule has 1 heterocycles. The Hall–Kier alpha value is -3.24. The van der Waals surface area contributed by atoms with Gasteiger partial charge in [0.25, 0.3) is 5.91 Å². The fraction of sp³-hybridized carbons (Fsp3) is 0.318. The topological polar surface area (TPSA) is 139 Å². The predicted molar refractivity (Wildman–Crippen MR) is 120 cm³/mol. The lowest BCUT2D eigenvalue weighted by molar-refractivity contribution is -0.128. The van der Waals surface area contributed by atoms with E-state index >= 15 is 0 Å². The number of unbranched alkanes of at least 4 members (excludes halogenated alkanes) is 1. The number of nitrogens with two attached hydrogens (primary N) is 1. The number of hydrogen-bond acceptors (Lipinski definition) is 5. The van der Waals surface area contributed by atoms with Crippen molar-refractivity contribution in [2.75, 3.05) is 23.7 Å². The molecule has 1 atom stereocenters. The zero-order valence-corrected chi connectivity index (χ0v) is 18.5. The van der Waals surface area contributed by atoms with Gasteiger partial charge < -0.3 is 15.5 Å². The van der Waals surface area contributed by atoms with Gasteiger partial charge >= 0.3 is 0 Å². The summed E-state index contributed by atoms with van der Waals surface area (Å²) < 4.78 is 22.6. The largest absolute Gasteiger partial charge is 0.342 e. The molecule has 1 aliphatic rings. The molecule has 1 saturated heterocycles. The van der Waals surface area contributed by atoms with E-state index in [4.69, 9.17) is 5.14 Å². The first-order chi connectivity index (χ1) is 15.2. The molecule has 1 fully saturated rings. The maximum atomic E-state index is 12.5. The van der Waals surface area contributed by atoms with Gasteiger partial charge in [0.1, 0.15) is 0 Å². The van der Waals surface area contributed by atoms with Gasteiger partial charge in [-0.1, -0.05) is 13.3 Å². The van der Waals surface area contributed by atoms with Crippen LogP contribution in [0.2, 0.25) is 0 Å². The number of anilines is 2. The quantitative estimate of drug-likeness (QED) is 0.556. The number of rotatable bonds is 8. The van der Waals surface area contributed by atoms with E-state index in [9.17, 15) is 22.8 Å². The second kappa shape index (κ2) is 9.92. The highest BCUT2D eigenvalue weighted by Crippen LogP contribution is 2.21. The van der Waals surface area contributed by atoms with E-state index in [1.807, 2.05) is 0 Å². The van der Waals surface area contributed by atoms with Crippen molar-refractivity contribution in [3.63, 3.8) is 0 Å². The third kappa shape index (κ3) is 5.92. The highest BCUT2D eigenvalue weighted by molar-refractivity contribution is 7.89. The van der Waals surface area contributed by atoms with Crippen molar-refractivity contribution in [3.8, 4) is 0 Å². The maximum absolute atomic E-state index is 12.5. The third-order valence-electron chi connectivity index (χ3n) is 5.22. The first-order valence-corrected chi connectivity index (χ1v) is 11.8. The third-order valence-corrected chi connectivity index (χ3v) is 6.15. The Kier molecular flexibility index (Phi) is 7.26. The van der Waals surface area contributed by atoms with Gasteiger partial charge in [0, 0.05) is 36.4 Å². The van der Waals surface area contributed by atoms with Gasteiger partial charge in [-0.2, -0.15) is 0 Å². The predicted octanol–water partition coefficient (Wildman–Crippen LogP) is 2.17. The molecule has 0 radical (unpaired) electrons. The summed E-state index contributed by atoms with van der Waals surface area (Å²) in [5, 5.41) is 10.5. The van der Waals surface area contributed by atoms with E-state index in [1.54, 1.807) is 29.2 Å². The summed E-state index contributed by atoms with van der Waals surface area (Å²) in [6.45, 7) is 3.15. The Balaban J connectivity index is 1.56. The van der Waals surface area contributed by atoms with Gasteiger partial charge in [0.05, 0.1) is 10.8 Å². The summed E-state index contributed by atoms with van der Waals surface area (Å²) in [6, 6.07) is 11.9. The van der Waals surface area contributed by atoms with Crippen molar-refractivity contribution in [2.24, 2.45) is 11.1 Å². The standard InChI is InChI=1S/C22H26N4O5S/c1-2-3-12-26-14-16(13-20(26)27)22(29)25-17-6-4-15(5-7-17)21(28)24-18-8-10-19(11-9-18)32(23,30)31/h4-11,16H,2-3,12-14H2,1H3,(H,24,28)(H,25,29)(H2,23,30,31). The van der Waals surface area contributed by atoms with E-state index in [-0.39, 0.29) is 35.0 Å². The van der Waals surface area contributed by atoms with Crippen LogP contribution in [0.15, 0.2) is 53.4 Å². The Bertz CT molecular complexity index is 1100. The van der Waals surface area contributed by atoms with Crippen molar-refractivity contribution < 1.29 is 22.8 Å². The normalized spacial score (nSPS) is 16.1. The number of nitrogens with zero attached hydrogens (tertiary/aromatic N) is 1. The molecule has 170 valence electrons. The van der Waals surface area contributed by atoms with Gasteiger partial charge in [-0.15, -0.1) is 0 Å². The van der Waals surface area contributed by atoms with Crippen LogP contribution in [-0.4, -0.2) is 44.1 Å². The number of sulfonamides is 1. The summed E-state index contributed by atoms with van der Waals surface area (Å²) in [5.74, 6) is -0.992. The molecule has 4 N–H and O–H groups in total. The molecule has 0 aromatic heterocycles. The van der Waals surface area contributed by atoms with Gasteiger partial charge in [0.2, 0.25) is 21.8 Å². The Morgan fingerprint density at radius 2 is 1.62 bits per heavy atom. The minimum absolute atomic E-state index is 0.00251. The van der Waals surface area contributed by atoms with Crippen LogP contribution < -0.4 is 15.8 Å². The number of primary sulfonamides is 1. The molecule has 0 aliphatic carbocycles. The van der Waals surface area contributed by atoms with E-state index in [1.165, 1.54) is 24.3 Å². The molecule has 1 aliphatic heterocycles. The van der Waals surface area contributed by atoms with Crippen molar-refractivity contribution in [2.45, 2.75) is 31.1 Å². The number of nitrogens with one attached hydrogen (secondary N) is 2. The molecular formula is C22H26N4O5S. The minimum atomic E-state index is -3.80. The van der Waals surface area contributed by atoms with E-state index in [2.05, 4.69) is 17.6 Å². The highest BCUT2D eigenvalue weighted by atomic mass is 32.2. The minimum Gasteiger partial charge on any atom is -0.342 e. The average molecular weight is 459 g/mol. The lowest BCUT2D eigenvalue weighted by Crippen LogP contribution is -2.29. The Labute approximate surface area is 187 Å². The summed E-state index contributed by atoms with van der Waals surface area (Å²) in [5.41, 5.74) is 1.31. The fourth-order valence-corrected chi connectivity index (χ4v) is 3.91. The van der Waals surface area contributed by atoms with Crippen molar-refractivity contribution in [1.29, 1.82) is 0 Å². The van der Waals surface area contributed by atoms with Crippen LogP contribution in [0.4, 0.5) is 11.4 Å². The van der Waals surface area contributed by atoms with Crippen LogP contribution in [0.5, 0.6) is 0 Å². The van der Waals surface area contributed by atoms with Crippen molar-refractivity contribution in [3.05, 3.63) is 54.1 Å². The van der Waals surface area contributed by atoms with Gasteiger partial charge in [0.15, 0.2) is 0 Å². The van der Waals surface area contributed by atoms with Crippen LogP contribution in [0.1, 0.15) is 36.5 Å². The van der Waals surface area contributed by atoms with E-state index in [0.717, 1.165) is 12.8 Å². The molecule has 2 aromatic carbocycles. The Morgan fingerprint density at radius 3 is 2.22 bits per heavy atom. The molecule has 1 unspecified atom stereocenters. The van der Waals surface area contributed by atoms with Crippen LogP contribution in [-0.2, 0) is 19.6 Å². The second-order valence-corrected chi connectivity index (χ2v) is 9.25. The molecule has 10 heteroatoms. The second-order valence-electron chi connectivity index (χ2n) is 7.68. The van der Waals surface area contributed by atoms with Crippen molar-refractivity contribution in [1.82, 2.24) is 4.90 Å². The zero-order chi connectivity index (χ0) is 23.3. The highest BCUT2D eigenvalue weighted by Gasteiger charge is 2.33. The monoisotopic (exact) mass is 458 g/mol. The molecule has 0 saturated carbocycles. The van der Waals surface area contributed by atoms with Gasteiger partial charge in [-0.3, -0.25) is 14.4 Å². The summed E-state index contributed by atoms with van der Waals surface area (Å²) >= 11 is 0.